The summed E-state index contributed by atoms with van der Waals surface area (Å²) in [5, 5.41) is 6.53. The number of anilines is 1. The second-order valence-corrected chi connectivity index (χ2v) is 6.03. The van der Waals surface area contributed by atoms with E-state index in [4.69, 9.17) is 4.74 Å². The first-order valence-corrected chi connectivity index (χ1v) is 8.02. The lowest BCUT2D eigenvalue weighted by atomic mass is 9.91. The van der Waals surface area contributed by atoms with Gasteiger partial charge in [0.05, 0.1) is 0 Å². The highest BCUT2D eigenvalue weighted by Gasteiger charge is 2.18. The van der Waals surface area contributed by atoms with E-state index in [9.17, 15) is 4.79 Å². The van der Waals surface area contributed by atoms with Crippen LogP contribution in [0.3, 0.4) is 0 Å². The van der Waals surface area contributed by atoms with E-state index in [1.807, 2.05) is 0 Å². The molecule has 1 amide bonds. The number of carbonyl (C=O) groups excluding carboxylic acids is 1. The average Bonchev–Trinajstić information content (AvgIpc) is 2.73. The lowest BCUT2D eigenvalue weighted by Crippen LogP contribution is -2.23. The minimum atomic E-state index is 0.176. The molecular formula is C17H24N2O2. The summed E-state index contributed by atoms with van der Waals surface area (Å²) in [5.41, 5.74) is 2.59. The normalized spacial score (nSPS) is 24.2. The fourth-order valence-corrected chi connectivity index (χ4v) is 3.22. The molecular weight excluding hydrogens is 264 g/mol. The number of amides is 1. The lowest BCUT2D eigenvalue weighted by Gasteiger charge is -2.24. The van der Waals surface area contributed by atoms with Crippen LogP contribution < -0.4 is 10.6 Å². The van der Waals surface area contributed by atoms with E-state index in [0.717, 1.165) is 45.4 Å². The summed E-state index contributed by atoms with van der Waals surface area (Å²) in [6.07, 6.45) is 4.76. The third-order valence-electron chi connectivity index (χ3n) is 4.48. The molecule has 2 saturated heterocycles. The van der Waals surface area contributed by atoms with Gasteiger partial charge in [-0.2, -0.15) is 0 Å². The zero-order valence-corrected chi connectivity index (χ0v) is 12.4. The van der Waals surface area contributed by atoms with E-state index < -0.39 is 0 Å². The summed E-state index contributed by atoms with van der Waals surface area (Å²) in [6, 6.07) is 9.14. The highest BCUT2D eigenvalue weighted by Crippen LogP contribution is 2.29. The molecule has 3 rings (SSSR count). The van der Waals surface area contributed by atoms with Gasteiger partial charge in [-0.1, -0.05) is 12.1 Å². The molecule has 2 fully saturated rings. The van der Waals surface area contributed by atoms with E-state index >= 15 is 0 Å². The van der Waals surface area contributed by atoms with E-state index in [0.29, 0.717) is 18.4 Å². The molecule has 1 aromatic carbocycles. The number of ether oxygens (including phenoxy) is 1. The largest absolute Gasteiger partial charge is 0.382 e. The van der Waals surface area contributed by atoms with Crippen molar-refractivity contribution in [1.82, 2.24) is 5.32 Å². The van der Waals surface area contributed by atoms with Crippen molar-refractivity contribution in [3.05, 3.63) is 29.8 Å². The molecule has 21 heavy (non-hydrogen) atoms. The Morgan fingerprint density at radius 3 is 2.86 bits per heavy atom. The predicted molar refractivity (Wildman–Crippen MR) is 83.5 cm³/mol. The molecule has 4 nitrogen and oxygen atoms in total. The average molecular weight is 288 g/mol. The van der Waals surface area contributed by atoms with Crippen LogP contribution in [0, 0.1) is 0 Å². The molecule has 0 spiro atoms. The Hall–Kier alpha value is -1.55. The first-order chi connectivity index (χ1) is 10.3. The van der Waals surface area contributed by atoms with Crippen molar-refractivity contribution in [3.8, 4) is 0 Å². The van der Waals surface area contributed by atoms with Crippen molar-refractivity contribution in [2.75, 3.05) is 25.1 Å². The second-order valence-electron chi connectivity index (χ2n) is 6.03. The van der Waals surface area contributed by atoms with Crippen LogP contribution in [0.5, 0.6) is 0 Å². The van der Waals surface area contributed by atoms with Gasteiger partial charge in [-0.05, 0) is 49.3 Å². The molecule has 0 radical (unpaired) electrons. The first-order valence-electron chi connectivity index (χ1n) is 8.02. The van der Waals surface area contributed by atoms with Crippen LogP contribution in [0.2, 0.25) is 0 Å². The van der Waals surface area contributed by atoms with E-state index in [1.54, 1.807) is 0 Å². The molecule has 0 saturated carbocycles. The van der Waals surface area contributed by atoms with Gasteiger partial charge in [0.15, 0.2) is 0 Å². The number of hydrogen-bond acceptors (Lipinski definition) is 3. The van der Waals surface area contributed by atoms with Crippen LogP contribution in [-0.2, 0) is 9.53 Å². The van der Waals surface area contributed by atoms with Crippen molar-refractivity contribution < 1.29 is 9.53 Å². The van der Waals surface area contributed by atoms with Crippen molar-refractivity contribution in [1.29, 1.82) is 0 Å². The maximum atomic E-state index is 11.4. The van der Waals surface area contributed by atoms with Crippen LogP contribution in [0.1, 0.15) is 43.6 Å². The van der Waals surface area contributed by atoms with Gasteiger partial charge in [0.2, 0.25) is 5.91 Å². The van der Waals surface area contributed by atoms with Crippen molar-refractivity contribution in [2.24, 2.45) is 0 Å². The minimum Gasteiger partial charge on any atom is -0.382 e. The summed E-state index contributed by atoms with van der Waals surface area (Å²) in [7, 11) is 0. The maximum absolute atomic E-state index is 11.4. The second kappa shape index (κ2) is 6.94. The Morgan fingerprint density at radius 1 is 1.14 bits per heavy atom. The van der Waals surface area contributed by atoms with Crippen LogP contribution in [0.15, 0.2) is 24.3 Å². The van der Waals surface area contributed by atoms with E-state index in [2.05, 4.69) is 34.9 Å². The zero-order valence-electron chi connectivity index (χ0n) is 12.4. The van der Waals surface area contributed by atoms with Gasteiger partial charge in [0.1, 0.15) is 0 Å². The van der Waals surface area contributed by atoms with Crippen LogP contribution >= 0.6 is 0 Å². The Labute approximate surface area is 126 Å². The molecule has 1 atom stereocenters. The van der Waals surface area contributed by atoms with Crippen molar-refractivity contribution in [3.63, 3.8) is 0 Å². The highest BCUT2D eigenvalue weighted by molar-refractivity contribution is 5.76. The van der Waals surface area contributed by atoms with E-state index in [-0.39, 0.29) is 5.91 Å². The standard InChI is InChI=1S/C17H24N2O2/c20-17-5-4-15(6-9-18-17)19-16-3-1-2-14(12-16)13-7-10-21-11-8-13/h1-3,12-13,15,19H,4-11H2,(H,18,20). The highest BCUT2D eigenvalue weighted by atomic mass is 16.5. The molecule has 2 aliphatic rings. The molecule has 1 unspecified atom stereocenters. The Balaban J connectivity index is 1.63. The fraction of sp³-hybridized carbons (Fsp3) is 0.588. The number of hydrogen-bond donors (Lipinski definition) is 2. The van der Waals surface area contributed by atoms with E-state index in [1.165, 1.54) is 11.3 Å². The number of rotatable bonds is 3. The van der Waals surface area contributed by atoms with Crippen LogP contribution in [0.4, 0.5) is 5.69 Å². The lowest BCUT2D eigenvalue weighted by molar-refractivity contribution is -0.120. The summed E-state index contributed by atoms with van der Waals surface area (Å²) >= 11 is 0. The monoisotopic (exact) mass is 288 g/mol. The Morgan fingerprint density at radius 2 is 2.00 bits per heavy atom. The third kappa shape index (κ3) is 3.97. The third-order valence-corrected chi connectivity index (χ3v) is 4.48. The Bertz CT molecular complexity index is 483. The maximum Gasteiger partial charge on any atom is 0.220 e. The smallest absolute Gasteiger partial charge is 0.220 e. The molecule has 2 N–H and O–H groups in total. The molecule has 0 aliphatic carbocycles. The Kier molecular flexibility index (Phi) is 4.76. The first kappa shape index (κ1) is 14.4. The van der Waals surface area contributed by atoms with Gasteiger partial charge >= 0.3 is 0 Å². The summed E-state index contributed by atoms with van der Waals surface area (Å²) in [6.45, 7) is 2.52. The summed E-state index contributed by atoms with van der Waals surface area (Å²) in [5.74, 6) is 0.799. The molecule has 2 aliphatic heterocycles. The minimum absolute atomic E-state index is 0.176. The predicted octanol–water partition coefficient (Wildman–Crippen LogP) is 2.66. The van der Waals surface area contributed by atoms with Gasteiger partial charge in [-0.15, -0.1) is 0 Å². The summed E-state index contributed by atoms with van der Waals surface area (Å²) in [4.78, 5) is 11.4. The SMILES string of the molecule is O=C1CCC(Nc2cccc(C3CCOCC3)c2)CCN1. The number of carbonyl (C=O) groups is 1. The van der Waals surface area contributed by atoms with Crippen molar-refractivity contribution >= 4 is 11.6 Å². The number of nitrogens with one attached hydrogen (secondary N) is 2. The molecule has 114 valence electrons. The van der Waals surface area contributed by atoms with Gasteiger partial charge < -0.3 is 15.4 Å². The molecule has 1 aromatic rings. The van der Waals surface area contributed by atoms with Gasteiger partial charge in [0, 0.05) is 37.9 Å². The molecule has 0 aromatic heterocycles. The molecule has 0 bridgehead atoms. The van der Waals surface area contributed by atoms with Gasteiger partial charge in [-0.25, -0.2) is 0 Å². The summed E-state index contributed by atoms with van der Waals surface area (Å²) < 4.78 is 5.44. The quantitative estimate of drug-likeness (QED) is 0.899. The van der Waals surface area contributed by atoms with Gasteiger partial charge in [-0.3, -0.25) is 4.79 Å². The van der Waals surface area contributed by atoms with Gasteiger partial charge in [0.25, 0.3) is 0 Å². The molecule has 2 heterocycles. The van der Waals surface area contributed by atoms with Crippen molar-refractivity contribution in [2.45, 2.75) is 44.1 Å². The number of benzene rings is 1. The topological polar surface area (TPSA) is 50.4 Å². The van der Waals surface area contributed by atoms with Crippen LogP contribution in [-0.4, -0.2) is 31.7 Å². The fourth-order valence-electron chi connectivity index (χ4n) is 3.22. The molecule has 4 heteroatoms. The zero-order chi connectivity index (χ0) is 14.5. The van der Waals surface area contributed by atoms with Crippen LogP contribution in [0.25, 0.3) is 0 Å².